The van der Waals surface area contributed by atoms with Gasteiger partial charge in [0, 0.05) is 18.0 Å². The Morgan fingerprint density at radius 1 is 1.38 bits per heavy atom. The molecule has 21 heavy (non-hydrogen) atoms. The zero-order valence-electron chi connectivity index (χ0n) is 12.7. The molecule has 0 aliphatic heterocycles. The van der Waals surface area contributed by atoms with Crippen LogP contribution < -0.4 is 4.90 Å². The van der Waals surface area contributed by atoms with Crippen molar-refractivity contribution in [1.82, 2.24) is 4.90 Å². The number of rotatable bonds is 8. The standard InChI is InChI=1S/C15H21N3O2S/c1-4-21-14-7-5-6-13(12(14)10-16)18(11-15(19)20)9-8-17(2)3/h5-7H,4,8-9,11H2,1-3H3,(H,19,20). The Labute approximate surface area is 130 Å². The summed E-state index contributed by atoms with van der Waals surface area (Å²) in [6.07, 6.45) is 0. The highest BCUT2D eigenvalue weighted by molar-refractivity contribution is 7.99. The van der Waals surface area contributed by atoms with Gasteiger partial charge >= 0.3 is 5.97 Å². The number of likely N-dealkylation sites (N-methyl/N-ethyl adjacent to an activating group) is 1. The summed E-state index contributed by atoms with van der Waals surface area (Å²) in [5.41, 5.74) is 1.25. The first-order chi connectivity index (χ1) is 9.99. The maximum atomic E-state index is 11.1. The molecule has 0 radical (unpaired) electrons. The molecule has 0 heterocycles. The summed E-state index contributed by atoms with van der Waals surface area (Å²) < 4.78 is 0. The van der Waals surface area contributed by atoms with Gasteiger partial charge in [-0.3, -0.25) is 4.79 Å². The molecule has 0 unspecified atom stereocenters. The molecule has 1 N–H and O–H groups in total. The van der Waals surface area contributed by atoms with E-state index in [1.54, 1.807) is 16.7 Å². The second-order valence-electron chi connectivity index (χ2n) is 4.81. The maximum absolute atomic E-state index is 11.1. The number of hydrogen-bond donors (Lipinski definition) is 1. The Balaban J connectivity index is 3.13. The van der Waals surface area contributed by atoms with Gasteiger partial charge in [-0.1, -0.05) is 13.0 Å². The normalized spacial score (nSPS) is 10.4. The summed E-state index contributed by atoms with van der Waals surface area (Å²) in [6.45, 7) is 3.21. The van der Waals surface area contributed by atoms with E-state index in [4.69, 9.17) is 5.11 Å². The molecule has 0 aliphatic rings. The number of benzene rings is 1. The largest absolute Gasteiger partial charge is 0.480 e. The predicted octanol–water partition coefficient (Wildman–Crippen LogP) is 2.12. The number of anilines is 1. The first-order valence-corrected chi connectivity index (χ1v) is 7.75. The minimum atomic E-state index is -0.897. The van der Waals surface area contributed by atoms with Gasteiger partial charge in [0.1, 0.15) is 12.6 Å². The molecular formula is C15H21N3O2S. The molecule has 0 atom stereocenters. The number of carbonyl (C=O) groups is 1. The van der Waals surface area contributed by atoms with Crippen LogP contribution >= 0.6 is 11.8 Å². The van der Waals surface area contributed by atoms with E-state index in [9.17, 15) is 10.1 Å². The Bertz CT molecular complexity index is 526. The molecule has 0 fully saturated rings. The Morgan fingerprint density at radius 3 is 2.62 bits per heavy atom. The lowest BCUT2D eigenvalue weighted by Gasteiger charge is -2.26. The molecule has 0 saturated carbocycles. The van der Waals surface area contributed by atoms with Crippen molar-refractivity contribution in [1.29, 1.82) is 5.26 Å². The number of carboxylic acids is 1. The highest BCUT2D eigenvalue weighted by Gasteiger charge is 2.17. The SMILES string of the molecule is CCSc1cccc(N(CCN(C)C)CC(=O)O)c1C#N. The predicted molar refractivity (Wildman–Crippen MR) is 86.0 cm³/mol. The lowest BCUT2D eigenvalue weighted by Crippen LogP contribution is -2.36. The molecule has 114 valence electrons. The fourth-order valence-electron chi connectivity index (χ4n) is 1.94. The van der Waals surface area contributed by atoms with Gasteiger partial charge in [0.15, 0.2) is 0 Å². The number of carboxylic acid groups (broad SMARTS) is 1. The van der Waals surface area contributed by atoms with Crippen LogP contribution in [0.3, 0.4) is 0 Å². The third kappa shape index (κ3) is 5.29. The topological polar surface area (TPSA) is 67.6 Å². The monoisotopic (exact) mass is 307 g/mol. The van der Waals surface area contributed by atoms with Crippen LogP contribution in [0, 0.1) is 11.3 Å². The summed E-state index contributed by atoms with van der Waals surface area (Å²) in [5, 5.41) is 18.5. The maximum Gasteiger partial charge on any atom is 0.323 e. The number of nitrogens with zero attached hydrogens (tertiary/aromatic N) is 3. The summed E-state index contributed by atoms with van der Waals surface area (Å²) in [7, 11) is 3.88. The van der Waals surface area contributed by atoms with Crippen molar-refractivity contribution in [2.24, 2.45) is 0 Å². The quantitative estimate of drug-likeness (QED) is 0.742. The van der Waals surface area contributed by atoms with Crippen molar-refractivity contribution in [2.45, 2.75) is 11.8 Å². The molecule has 0 aromatic heterocycles. The zero-order chi connectivity index (χ0) is 15.8. The molecule has 1 aromatic carbocycles. The molecule has 0 aliphatic carbocycles. The van der Waals surface area contributed by atoms with Crippen molar-refractivity contribution in [3.63, 3.8) is 0 Å². The molecule has 0 spiro atoms. The Hall–Kier alpha value is -1.71. The third-order valence-electron chi connectivity index (χ3n) is 2.90. The van der Waals surface area contributed by atoms with Gasteiger partial charge < -0.3 is 14.9 Å². The summed E-state index contributed by atoms with van der Waals surface area (Å²) in [5.74, 6) is -0.0272. The summed E-state index contributed by atoms with van der Waals surface area (Å²) >= 11 is 1.59. The average molecular weight is 307 g/mol. The molecular weight excluding hydrogens is 286 g/mol. The first-order valence-electron chi connectivity index (χ1n) is 6.77. The zero-order valence-corrected chi connectivity index (χ0v) is 13.5. The van der Waals surface area contributed by atoms with Crippen LogP contribution in [0.15, 0.2) is 23.1 Å². The van der Waals surface area contributed by atoms with E-state index >= 15 is 0 Å². The molecule has 1 aromatic rings. The van der Waals surface area contributed by atoms with Gasteiger partial charge in [-0.25, -0.2) is 0 Å². The van der Waals surface area contributed by atoms with E-state index in [0.717, 1.165) is 17.2 Å². The smallest absolute Gasteiger partial charge is 0.323 e. The van der Waals surface area contributed by atoms with Crippen LogP contribution in [0.5, 0.6) is 0 Å². The Kier molecular flexibility index (Phi) is 7.06. The fraction of sp³-hybridized carbons (Fsp3) is 0.467. The van der Waals surface area contributed by atoms with Crippen molar-refractivity contribution < 1.29 is 9.90 Å². The number of thioether (sulfide) groups is 1. The molecule has 5 nitrogen and oxygen atoms in total. The highest BCUT2D eigenvalue weighted by atomic mass is 32.2. The molecule has 6 heteroatoms. The van der Waals surface area contributed by atoms with Gasteiger partial charge in [-0.05, 0) is 32.0 Å². The molecule has 0 saturated heterocycles. The highest BCUT2D eigenvalue weighted by Crippen LogP contribution is 2.30. The van der Waals surface area contributed by atoms with E-state index < -0.39 is 5.97 Å². The van der Waals surface area contributed by atoms with Crippen molar-refractivity contribution in [2.75, 3.05) is 44.4 Å². The van der Waals surface area contributed by atoms with Crippen molar-refractivity contribution in [3.8, 4) is 6.07 Å². The second kappa shape index (κ2) is 8.55. The third-order valence-corrected chi connectivity index (χ3v) is 3.84. The number of hydrogen-bond acceptors (Lipinski definition) is 5. The van der Waals surface area contributed by atoms with E-state index in [0.29, 0.717) is 17.8 Å². The van der Waals surface area contributed by atoms with Gasteiger partial charge in [0.2, 0.25) is 0 Å². The van der Waals surface area contributed by atoms with Crippen molar-refractivity contribution in [3.05, 3.63) is 23.8 Å². The lowest BCUT2D eigenvalue weighted by molar-refractivity contribution is -0.135. The number of aliphatic carboxylic acids is 1. The second-order valence-corrected chi connectivity index (χ2v) is 6.12. The lowest BCUT2D eigenvalue weighted by atomic mass is 10.1. The first kappa shape index (κ1) is 17.3. The van der Waals surface area contributed by atoms with Crippen molar-refractivity contribution >= 4 is 23.4 Å². The molecule has 0 bridgehead atoms. The fourth-order valence-corrected chi connectivity index (χ4v) is 2.72. The molecule has 1 rings (SSSR count). The van der Waals surface area contributed by atoms with E-state index in [2.05, 4.69) is 6.07 Å². The molecule has 0 amide bonds. The Morgan fingerprint density at radius 2 is 2.10 bits per heavy atom. The van der Waals surface area contributed by atoms with Crippen LogP contribution in [0.25, 0.3) is 0 Å². The summed E-state index contributed by atoms with van der Waals surface area (Å²) in [4.78, 5) is 15.7. The van der Waals surface area contributed by atoms with E-state index in [1.807, 2.05) is 44.1 Å². The average Bonchev–Trinajstić information content (AvgIpc) is 2.43. The van der Waals surface area contributed by atoms with E-state index in [-0.39, 0.29) is 6.54 Å². The minimum Gasteiger partial charge on any atom is -0.480 e. The van der Waals surface area contributed by atoms with Gasteiger partial charge in [0.25, 0.3) is 0 Å². The van der Waals surface area contributed by atoms with Crippen LogP contribution in [0.4, 0.5) is 5.69 Å². The van der Waals surface area contributed by atoms with Crippen LogP contribution in [0.2, 0.25) is 0 Å². The summed E-state index contributed by atoms with van der Waals surface area (Å²) in [6, 6.07) is 7.82. The van der Waals surface area contributed by atoms with Gasteiger partial charge in [-0.15, -0.1) is 11.8 Å². The van der Waals surface area contributed by atoms with Crippen LogP contribution in [-0.4, -0.2) is 55.5 Å². The van der Waals surface area contributed by atoms with Gasteiger partial charge in [-0.2, -0.15) is 5.26 Å². The van der Waals surface area contributed by atoms with Crippen LogP contribution in [0.1, 0.15) is 12.5 Å². The van der Waals surface area contributed by atoms with Crippen LogP contribution in [-0.2, 0) is 4.79 Å². The number of nitriles is 1. The minimum absolute atomic E-state index is 0.108. The van der Waals surface area contributed by atoms with Gasteiger partial charge in [0.05, 0.1) is 11.3 Å². The van der Waals surface area contributed by atoms with E-state index in [1.165, 1.54) is 0 Å².